The van der Waals surface area contributed by atoms with Gasteiger partial charge in [0.2, 0.25) is 17.7 Å². The molecule has 0 aromatic rings. The van der Waals surface area contributed by atoms with Crippen molar-refractivity contribution in [3.8, 4) is 6.07 Å². The van der Waals surface area contributed by atoms with Crippen LogP contribution in [0.3, 0.4) is 0 Å². The van der Waals surface area contributed by atoms with Gasteiger partial charge in [0.1, 0.15) is 18.1 Å². The van der Waals surface area contributed by atoms with Crippen molar-refractivity contribution in [3.63, 3.8) is 0 Å². The molecule has 0 radical (unpaired) electrons. The Hall–Kier alpha value is -2.98. The van der Waals surface area contributed by atoms with Gasteiger partial charge >= 0.3 is 12.1 Å². The fourth-order valence-electron chi connectivity index (χ4n) is 4.53. The summed E-state index contributed by atoms with van der Waals surface area (Å²) in [6, 6.07) is -2.67. The van der Waals surface area contributed by atoms with E-state index < -0.39 is 78.0 Å². The number of nitriles is 1. The van der Waals surface area contributed by atoms with Gasteiger partial charge < -0.3 is 21.3 Å². The van der Waals surface area contributed by atoms with Crippen LogP contribution in [-0.4, -0.2) is 59.4 Å². The Morgan fingerprint density at radius 3 is 2.08 bits per heavy atom. The molecule has 206 valence electrons. The van der Waals surface area contributed by atoms with Crippen molar-refractivity contribution in [2.24, 2.45) is 17.3 Å². The Kier molecular flexibility index (Phi) is 7.51. The van der Waals surface area contributed by atoms with Gasteiger partial charge in [0.05, 0.1) is 6.07 Å². The summed E-state index contributed by atoms with van der Waals surface area (Å²) in [5, 5.41) is 18.5. The fourth-order valence-corrected chi connectivity index (χ4v) is 4.53. The zero-order valence-electron chi connectivity index (χ0n) is 20.6. The number of carbonyl (C=O) groups excluding carboxylic acids is 4. The van der Waals surface area contributed by atoms with Crippen molar-refractivity contribution in [2.75, 3.05) is 0 Å². The molecule has 4 N–H and O–H groups in total. The first-order valence-corrected chi connectivity index (χ1v) is 11.9. The topological polar surface area (TPSA) is 140 Å². The molecule has 5 atom stereocenters. The van der Waals surface area contributed by atoms with Gasteiger partial charge in [0, 0.05) is 23.8 Å². The summed E-state index contributed by atoms with van der Waals surface area (Å²) in [5.41, 5.74) is -1.50. The molecule has 14 heteroatoms. The lowest BCUT2D eigenvalue weighted by atomic mass is 9.85. The molecule has 0 aromatic heterocycles. The molecule has 3 rings (SSSR count). The second-order valence-electron chi connectivity index (χ2n) is 11.3. The molecule has 9 nitrogen and oxygen atoms in total. The third-order valence-corrected chi connectivity index (χ3v) is 7.01. The molecule has 4 amide bonds. The molecule has 37 heavy (non-hydrogen) atoms. The minimum absolute atomic E-state index is 0.0255. The number of alkyl halides is 5. The Bertz CT molecular complexity index is 999. The van der Waals surface area contributed by atoms with Crippen LogP contribution in [0.2, 0.25) is 0 Å². The highest BCUT2D eigenvalue weighted by Crippen LogP contribution is 2.51. The van der Waals surface area contributed by atoms with Crippen molar-refractivity contribution in [1.82, 2.24) is 21.3 Å². The van der Waals surface area contributed by atoms with E-state index in [-0.39, 0.29) is 17.9 Å². The third kappa shape index (κ3) is 7.07. The second kappa shape index (κ2) is 9.72. The molecule has 3 aliphatic rings. The summed E-state index contributed by atoms with van der Waals surface area (Å²) >= 11 is 0. The van der Waals surface area contributed by atoms with Gasteiger partial charge in [0.15, 0.2) is 0 Å². The summed E-state index contributed by atoms with van der Waals surface area (Å²) in [4.78, 5) is 49.6. The van der Waals surface area contributed by atoms with Crippen LogP contribution in [0.1, 0.15) is 59.3 Å². The van der Waals surface area contributed by atoms with Crippen LogP contribution in [0.25, 0.3) is 0 Å². The summed E-state index contributed by atoms with van der Waals surface area (Å²) in [6.45, 7) is 4.13. The first-order chi connectivity index (χ1) is 16.9. The van der Waals surface area contributed by atoms with E-state index in [4.69, 9.17) is 0 Å². The SMILES string of the molecule is CC(C)(C)C(NC(=O)C(F)(F)F)C(=O)NC(CC1CC1(F)F)C(=O)NC(C#N)CC1CC2(CC2)NC1=O. The molecule has 1 saturated heterocycles. The third-order valence-electron chi connectivity index (χ3n) is 7.01. The number of amides is 4. The highest BCUT2D eigenvalue weighted by atomic mass is 19.4. The van der Waals surface area contributed by atoms with Crippen LogP contribution >= 0.6 is 0 Å². The predicted octanol–water partition coefficient (Wildman–Crippen LogP) is 1.68. The van der Waals surface area contributed by atoms with Gasteiger partial charge in [-0.15, -0.1) is 0 Å². The molecule has 0 aromatic carbocycles. The maximum Gasteiger partial charge on any atom is 0.471 e. The maximum atomic E-state index is 13.6. The number of carbonyl (C=O) groups is 4. The summed E-state index contributed by atoms with van der Waals surface area (Å²) in [5.74, 6) is -9.63. The molecule has 2 aliphatic carbocycles. The fraction of sp³-hybridized carbons (Fsp3) is 0.783. The van der Waals surface area contributed by atoms with Gasteiger partial charge in [-0.1, -0.05) is 20.8 Å². The average Bonchev–Trinajstić information content (AvgIpc) is 3.61. The molecular weight excluding hydrogens is 505 g/mol. The monoisotopic (exact) mass is 535 g/mol. The summed E-state index contributed by atoms with van der Waals surface area (Å²) in [7, 11) is 0. The number of nitrogens with one attached hydrogen (secondary N) is 4. The molecule has 1 heterocycles. The minimum atomic E-state index is -5.28. The minimum Gasteiger partial charge on any atom is -0.350 e. The van der Waals surface area contributed by atoms with Gasteiger partial charge in [-0.3, -0.25) is 19.2 Å². The smallest absolute Gasteiger partial charge is 0.350 e. The lowest BCUT2D eigenvalue weighted by molar-refractivity contribution is -0.175. The van der Waals surface area contributed by atoms with E-state index in [1.807, 2.05) is 6.07 Å². The summed E-state index contributed by atoms with van der Waals surface area (Å²) in [6.07, 6.45) is -4.22. The Morgan fingerprint density at radius 2 is 1.65 bits per heavy atom. The van der Waals surface area contributed by atoms with Crippen LogP contribution in [-0.2, 0) is 19.2 Å². The van der Waals surface area contributed by atoms with Crippen molar-refractivity contribution < 1.29 is 41.1 Å². The molecule has 5 unspecified atom stereocenters. The highest BCUT2D eigenvalue weighted by Gasteiger charge is 2.58. The van der Waals surface area contributed by atoms with Crippen molar-refractivity contribution in [1.29, 1.82) is 5.26 Å². The molecule has 3 fully saturated rings. The van der Waals surface area contributed by atoms with E-state index in [0.29, 0.717) is 6.42 Å². The van der Waals surface area contributed by atoms with Gasteiger partial charge in [-0.05, 0) is 37.5 Å². The summed E-state index contributed by atoms with van der Waals surface area (Å²) < 4.78 is 65.6. The van der Waals surface area contributed by atoms with Gasteiger partial charge in [-0.25, -0.2) is 8.78 Å². The van der Waals surface area contributed by atoms with Crippen molar-refractivity contribution >= 4 is 23.6 Å². The molecule has 1 aliphatic heterocycles. The maximum absolute atomic E-state index is 13.6. The largest absolute Gasteiger partial charge is 0.471 e. The number of rotatable bonds is 9. The Balaban J connectivity index is 1.71. The van der Waals surface area contributed by atoms with Gasteiger partial charge in [0.25, 0.3) is 5.92 Å². The second-order valence-corrected chi connectivity index (χ2v) is 11.3. The van der Waals surface area contributed by atoms with Crippen molar-refractivity contribution in [3.05, 3.63) is 0 Å². The van der Waals surface area contributed by atoms with Crippen LogP contribution < -0.4 is 21.3 Å². The first-order valence-electron chi connectivity index (χ1n) is 11.9. The quantitative estimate of drug-likeness (QED) is 0.333. The van der Waals surface area contributed by atoms with Crippen molar-refractivity contribution in [2.45, 2.75) is 95.1 Å². The molecule has 1 spiro atoms. The Labute approximate surface area is 210 Å². The van der Waals surface area contributed by atoms with E-state index in [1.54, 1.807) is 5.32 Å². The van der Waals surface area contributed by atoms with E-state index in [1.165, 1.54) is 20.8 Å². The zero-order chi connectivity index (χ0) is 28.0. The first kappa shape index (κ1) is 28.6. The average molecular weight is 536 g/mol. The molecular formula is C23H30F5N5O4. The van der Waals surface area contributed by atoms with Crippen LogP contribution in [0.15, 0.2) is 0 Å². The number of hydrogen-bond acceptors (Lipinski definition) is 5. The predicted molar refractivity (Wildman–Crippen MR) is 117 cm³/mol. The normalized spacial score (nSPS) is 25.8. The lowest BCUT2D eigenvalue weighted by Gasteiger charge is -2.32. The number of halogens is 5. The molecule has 2 saturated carbocycles. The van der Waals surface area contributed by atoms with E-state index in [9.17, 15) is 46.4 Å². The lowest BCUT2D eigenvalue weighted by Crippen LogP contribution is -2.60. The standard InChI is InChI=1S/C23H30F5N5O4/c1-20(2,3)15(32-19(37)23(26,27)28)18(36)31-14(7-12-9-22(12,24)25)17(35)30-13(10-29)6-11-8-21(4-5-21)33-16(11)34/h11-15H,4-9H2,1-3H3,(H,30,35)(H,31,36)(H,32,37)(H,33,34). The van der Waals surface area contributed by atoms with E-state index in [2.05, 4.69) is 16.0 Å². The van der Waals surface area contributed by atoms with E-state index in [0.717, 1.165) is 12.8 Å². The Morgan fingerprint density at radius 1 is 1.05 bits per heavy atom. The van der Waals surface area contributed by atoms with Crippen LogP contribution in [0.5, 0.6) is 0 Å². The zero-order valence-corrected chi connectivity index (χ0v) is 20.6. The van der Waals surface area contributed by atoms with Gasteiger partial charge in [-0.2, -0.15) is 18.4 Å². The van der Waals surface area contributed by atoms with Crippen LogP contribution in [0.4, 0.5) is 22.0 Å². The molecule has 0 bridgehead atoms. The number of hydrogen-bond donors (Lipinski definition) is 4. The van der Waals surface area contributed by atoms with E-state index >= 15 is 0 Å². The number of nitrogens with zero attached hydrogens (tertiary/aromatic N) is 1. The highest BCUT2D eigenvalue weighted by molar-refractivity contribution is 5.93. The van der Waals surface area contributed by atoms with Crippen LogP contribution in [0, 0.1) is 28.6 Å².